The molecule has 0 saturated carbocycles. The number of nitrogens with zero attached hydrogens (tertiary/aromatic N) is 2. The molecule has 0 radical (unpaired) electrons. The maximum absolute atomic E-state index is 12.3. The predicted molar refractivity (Wildman–Crippen MR) is 105 cm³/mol. The van der Waals surface area contributed by atoms with Gasteiger partial charge in [-0.25, -0.2) is 0 Å². The fourth-order valence-corrected chi connectivity index (χ4v) is 4.71. The molecular weight excluding hydrogens is 364 g/mol. The van der Waals surface area contributed by atoms with Gasteiger partial charge in [-0.3, -0.25) is 14.4 Å². The van der Waals surface area contributed by atoms with E-state index in [2.05, 4.69) is 13.8 Å². The lowest BCUT2D eigenvalue weighted by atomic mass is 9.92. The first kappa shape index (κ1) is 19.7. The predicted octanol–water partition coefficient (Wildman–Crippen LogP) is 2.56. The number of amides is 2. The normalized spacial score (nSPS) is 22.4. The molecule has 146 valence electrons. The zero-order valence-corrected chi connectivity index (χ0v) is 16.7. The zero-order valence-electron chi connectivity index (χ0n) is 15.8. The molecule has 27 heavy (non-hydrogen) atoms. The first-order valence-electron chi connectivity index (χ1n) is 9.39. The van der Waals surface area contributed by atoms with Crippen molar-refractivity contribution in [2.24, 2.45) is 11.8 Å². The molecule has 6 nitrogen and oxygen atoms in total. The molecule has 0 spiro atoms. The van der Waals surface area contributed by atoms with Crippen LogP contribution in [0.15, 0.2) is 29.2 Å². The van der Waals surface area contributed by atoms with E-state index in [-0.39, 0.29) is 31.4 Å². The van der Waals surface area contributed by atoms with Crippen LogP contribution in [0.3, 0.4) is 0 Å². The number of benzene rings is 1. The summed E-state index contributed by atoms with van der Waals surface area (Å²) >= 11 is 1.51. The Kier molecular flexibility index (Phi) is 6.42. The summed E-state index contributed by atoms with van der Waals surface area (Å²) in [6.45, 7) is 5.75. The minimum Gasteiger partial charge on any atom is -0.456 e. The Bertz CT molecular complexity index is 714. The molecular formula is C20H26N2O4S. The first-order valence-corrected chi connectivity index (χ1v) is 10.4. The summed E-state index contributed by atoms with van der Waals surface area (Å²) in [6.07, 6.45) is 1.19. The number of para-hydroxylation sites is 1. The fraction of sp³-hybridized carbons (Fsp3) is 0.550. The van der Waals surface area contributed by atoms with Gasteiger partial charge in [-0.2, -0.15) is 0 Å². The third-order valence-electron chi connectivity index (χ3n) is 4.93. The highest BCUT2D eigenvalue weighted by Gasteiger charge is 2.27. The van der Waals surface area contributed by atoms with Gasteiger partial charge in [-0.15, -0.1) is 11.8 Å². The highest BCUT2D eigenvalue weighted by atomic mass is 32.2. The number of ether oxygens (including phenoxy) is 1. The minimum absolute atomic E-state index is 0.0149. The molecule has 0 aromatic heterocycles. The molecule has 0 bridgehead atoms. The molecule has 2 atom stereocenters. The average Bonchev–Trinajstić information content (AvgIpc) is 2.64. The topological polar surface area (TPSA) is 66.9 Å². The molecule has 0 aliphatic carbocycles. The molecule has 2 aliphatic rings. The van der Waals surface area contributed by atoms with E-state index in [4.69, 9.17) is 4.74 Å². The smallest absolute Gasteiger partial charge is 0.308 e. The lowest BCUT2D eigenvalue weighted by Crippen LogP contribution is -2.44. The summed E-state index contributed by atoms with van der Waals surface area (Å²) in [5.41, 5.74) is 0.832. The second-order valence-corrected chi connectivity index (χ2v) is 8.47. The molecule has 1 aromatic carbocycles. The van der Waals surface area contributed by atoms with Crippen molar-refractivity contribution in [1.29, 1.82) is 0 Å². The van der Waals surface area contributed by atoms with Gasteiger partial charge in [-0.05, 0) is 30.4 Å². The van der Waals surface area contributed by atoms with Crippen molar-refractivity contribution >= 4 is 35.2 Å². The van der Waals surface area contributed by atoms with Gasteiger partial charge in [-0.1, -0.05) is 26.0 Å². The van der Waals surface area contributed by atoms with Crippen molar-refractivity contribution in [1.82, 2.24) is 4.90 Å². The van der Waals surface area contributed by atoms with Gasteiger partial charge in [0.15, 0.2) is 6.61 Å². The van der Waals surface area contributed by atoms with Gasteiger partial charge in [0.05, 0.1) is 17.9 Å². The molecule has 0 N–H and O–H groups in total. The van der Waals surface area contributed by atoms with Crippen LogP contribution in [-0.2, 0) is 19.1 Å². The van der Waals surface area contributed by atoms with Crippen LogP contribution in [0, 0.1) is 11.8 Å². The van der Waals surface area contributed by atoms with E-state index in [0.29, 0.717) is 17.6 Å². The van der Waals surface area contributed by atoms with Crippen molar-refractivity contribution in [3.8, 4) is 0 Å². The number of carbonyl (C=O) groups is 3. The molecule has 2 heterocycles. The summed E-state index contributed by atoms with van der Waals surface area (Å²) in [6, 6.07) is 7.66. The van der Waals surface area contributed by atoms with E-state index in [0.717, 1.165) is 30.1 Å². The van der Waals surface area contributed by atoms with E-state index in [9.17, 15) is 14.4 Å². The largest absolute Gasteiger partial charge is 0.456 e. The van der Waals surface area contributed by atoms with Gasteiger partial charge in [0.2, 0.25) is 5.91 Å². The Labute approximate surface area is 164 Å². The summed E-state index contributed by atoms with van der Waals surface area (Å²) in [4.78, 5) is 41.0. The van der Waals surface area contributed by atoms with Gasteiger partial charge < -0.3 is 14.5 Å². The lowest BCUT2D eigenvalue weighted by Gasteiger charge is -2.34. The number of esters is 1. The van der Waals surface area contributed by atoms with Crippen LogP contribution in [0.5, 0.6) is 0 Å². The van der Waals surface area contributed by atoms with Crippen LogP contribution in [0.4, 0.5) is 5.69 Å². The second kappa shape index (κ2) is 8.78. The van der Waals surface area contributed by atoms with Gasteiger partial charge in [0.25, 0.3) is 5.91 Å². The number of hydrogen-bond donors (Lipinski definition) is 0. The number of anilines is 1. The van der Waals surface area contributed by atoms with Gasteiger partial charge in [0.1, 0.15) is 0 Å². The highest BCUT2D eigenvalue weighted by Crippen LogP contribution is 2.34. The average molecular weight is 391 g/mol. The van der Waals surface area contributed by atoms with Gasteiger partial charge >= 0.3 is 5.97 Å². The van der Waals surface area contributed by atoms with Gasteiger partial charge in [0, 0.05) is 24.5 Å². The highest BCUT2D eigenvalue weighted by molar-refractivity contribution is 8.00. The van der Waals surface area contributed by atoms with Crippen molar-refractivity contribution in [3.05, 3.63) is 24.3 Å². The van der Waals surface area contributed by atoms with Crippen molar-refractivity contribution < 1.29 is 19.1 Å². The molecule has 2 amide bonds. The molecule has 0 unspecified atom stereocenters. The SMILES string of the molecule is C[C@@H]1C[C@H](C)CN(C(=O)COC(=O)CCN2C(=O)CSc3ccccc32)C1. The van der Waals surface area contributed by atoms with Crippen molar-refractivity contribution in [2.75, 3.05) is 36.9 Å². The summed E-state index contributed by atoms with van der Waals surface area (Å²) in [5.74, 6) is 0.699. The lowest BCUT2D eigenvalue weighted by molar-refractivity contribution is -0.153. The summed E-state index contributed by atoms with van der Waals surface area (Å²) in [7, 11) is 0. The van der Waals surface area contributed by atoms with Crippen LogP contribution in [0.2, 0.25) is 0 Å². The maximum Gasteiger partial charge on any atom is 0.308 e. The molecule has 1 fully saturated rings. The first-order chi connectivity index (χ1) is 12.9. The summed E-state index contributed by atoms with van der Waals surface area (Å²) < 4.78 is 5.17. The molecule has 7 heteroatoms. The number of piperidine rings is 1. The van der Waals surface area contributed by atoms with Crippen molar-refractivity contribution in [2.45, 2.75) is 31.6 Å². The Balaban J connectivity index is 1.47. The molecule has 1 saturated heterocycles. The number of likely N-dealkylation sites (tertiary alicyclic amines) is 1. The van der Waals surface area contributed by atoms with E-state index in [1.165, 1.54) is 11.8 Å². The Morgan fingerprint density at radius 3 is 2.63 bits per heavy atom. The molecule has 1 aromatic rings. The Hall–Kier alpha value is -2.02. The van der Waals surface area contributed by atoms with E-state index < -0.39 is 5.97 Å². The van der Waals surface area contributed by atoms with E-state index >= 15 is 0 Å². The third-order valence-corrected chi connectivity index (χ3v) is 5.97. The monoisotopic (exact) mass is 390 g/mol. The van der Waals surface area contributed by atoms with Crippen LogP contribution >= 0.6 is 11.8 Å². The third kappa shape index (κ3) is 5.03. The zero-order chi connectivity index (χ0) is 19.4. The minimum atomic E-state index is -0.454. The molecule has 3 rings (SSSR count). The second-order valence-electron chi connectivity index (χ2n) is 7.46. The Morgan fingerprint density at radius 1 is 1.19 bits per heavy atom. The van der Waals surface area contributed by atoms with Crippen LogP contribution in [0.1, 0.15) is 26.7 Å². The fourth-order valence-electron chi connectivity index (χ4n) is 3.77. The number of rotatable bonds is 5. The van der Waals surface area contributed by atoms with Crippen molar-refractivity contribution in [3.63, 3.8) is 0 Å². The maximum atomic E-state index is 12.3. The molecule has 2 aliphatic heterocycles. The number of carbonyl (C=O) groups excluding carboxylic acids is 3. The van der Waals surface area contributed by atoms with E-state index in [1.807, 2.05) is 24.3 Å². The van der Waals surface area contributed by atoms with E-state index in [1.54, 1.807) is 9.80 Å². The number of fused-ring (bicyclic) bond motifs is 1. The quantitative estimate of drug-likeness (QED) is 0.723. The Morgan fingerprint density at radius 2 is 1.89 bits per heavy atom. The number of thioether (sulfide) groups is 1. The summed E-state index contributed by atoms with van der Waals surface area (Å²) in [5, 5.41) is 0. The van der Waals surface area contributed by atoms with Crippen LogP contribution < -0.4 is 4.90 Å². The van der Waals surface area contributed by atoms with Crippen LogP contribution in [-0.4, -0.2) is 54.7 Å². The standard InChI is InChI=1S/C20H26N2O4S/c1-14-9-15(2)11-21(10-14)18(23)12-26-20(25)7-8-22-16-5-3-4-6-17(16)27-13-19(22)24/h3-6,14-15H,7-13H2,1-2H3/t14-,15+. The number of hydrogen-bond acceptors (Lipinski definition) is 5. The van der Waals surface area contributed by atoms with Crippen LogP contribution in [0.25, 0.3) is 0 Å².